The van der Waals surface area contributed by atoms with Gasteiger partial charge in [-0.3, -0.25) is 4.79 Å². The van der Waals surface area contributed by atoms with Gasteiger partial charge in [0.1, 0.15) is 6.04 Å². The van der Waals surface area contributed by atoms with Crippen molar-refractivity contribution in [3.8, 4) is 0 Å². The lowest BCUT2D eigenvalue weighted by Gasteiger charge is -2.16. The molecule has 0 fully saturated rings. The first kappa shape index (κ1) is 16.0. The van der Waals surface area contributed by atoms with Crippen molar-refractivity contribution in [1.29, 1.82) is 0 Å². The summed E-state index contributed by atoms with van der Waals surface area (Å²) in [6, 6.07) is 7.08. The van der Waals surface area contributed by atoms with Crippen molar-refractivity contribution in [2.75, 3.05) is 19.1 Å². The molecule has 0 saturated heterocycles. The zero-order valence-electron chi connectivity index (χ0n) is 10.8. The second-order valence-corrected chi connectivity index (χ2v) is 6.49. The van der Waals surface area contributed by atoms with Crippen molar-refractivity contribution >= 4 is 27.8 Å². The SMILES string of the molecule is COC(=O)[C@H](CCSC)NS(=O)(=O)c1ccccc1. The highest BCUT2D eigenvalue weighted by Crippen LogP contribution is 2.11. The Morgan fingerprint density at radius 1 is 1.37 bits per heavy atom. The summed E-state index contributed by atoms with van der Waals surface area (Å²) in [7, 11) is -2.46. The fourth-order valence-electron chi connectivity index (χ4n) is 1.46. The molecule has 0 amide bonds. The van der Waals surface area contributed by atoms with E-state index in [1.807, 2.05) is 6.26 Å². The summed E-state index contributed by atoms with van der Waals surface area (Å²) in [6.45, 7) is 0. The Kier molecular flexibility index (Phi) is 6.33. The highest BCUT2D eigenvalue weighted by atomic mass is 32.2. The molecule has 19 heavy (non-hydrogen) atoms. The van der Waals surface area contributed by atoms with Crippen molar-refractivity contribution in [3.05, 3.63) is 30.3 Å². The van der Waals surface area contributed by atoms with Crippen LogP contribution in [0.1, 0.15) is 6.42 Å². The number of carbonyl (C=O) groups is 1. The van der Waals surface area contributed by atoms with Gasteiger partial charge in [0.2, 0.25) is 10.0 Å². The molecule has 5 nitrogen and oxygen atoms in total. The number of esters is 1. The van der Waals surface area contributed by atoms with Crippen molar-refractivity contribution in [3.63, 3.8) is 0 Å². The molecule has 1 aromatic rings. The predicted octanol–water partition coefficient (Wildman–Crippen LogP) is 1.26. The lowest BCUT2D eigenvalue weighted by atomic mass is 10.2. The Bertz CT molecular complexity index is 502. The van der Waals surface area contributed by atoms with Crippen LogP contribution < -0.4 is 4.72 Å². The van der Waals surface area contributed by atoms with Crippen molar-refractivity contribution in [1.82, 2.24) is 4.72 Å². The Morgan fingerprint density at radius 2 is 2.00 bits per heavy atom. The van der Waals surface area contributed by atoms with E-state index in [9.17, 15) is 13.2 Å². The summed E-state index contributed by atoms with van der Waals surface area (Å²) < 4.78 is 31.2. The Labute approximate surface area is 117 Å². The molecule has 1 N–H and O–H groups in total. The van der Waals surface area contributed by atoms with Gasteiger partial charge in [0.15, 0.2) is 0 Å². The van der Waals surface area contributed by atoms with Crippen LogP contribution in [0.3, 0.4) is 0 Å². The number of benzene rings is 1. The highest BCUT2D eigenvalue weighted by molar-refractivity contribution is 7.98. The number of rotatable bonds is 7. The van der Waals surface area contributed by atoms with Gasteiger partial charge in [-0.15, -0.1) is 0 Å². The normalized spacial score (nSPS) is 12.9. The van der Waals surface area contributed by atoms with Gasteiger partial charge in [0.05, 0.1) is 12.0 Å². The van der Waals surface area contributed by atoms with Gasteiger partial charge in [0, 0.05) is 0 Å². The molecule has 0 aliphatic rings. The van der Waals surface area contributed by atoms with E-state index in [2.05, 4.69) is 9.46 Å². The lowest BCUT2D eigenvalue weighted by Crippen LogP contribution is -2.41. The van der Waals surface area contributed by atoms with Crippen molar-refractivity contribution in [2.45, 2.75) is 17.4 Å². The average Bonchev–Trinajstić information content (AvgIpc) is 2.43. The summed E-state index contributed by atoms with van der Waals surface area (Å²) in [5.74, 6) is 0.0884. The van der Waals surface area contributed by atoms with Gasteiger partial charge in [-0.05, 0) is 30.6 Å². The fraction of sp³-hybridized carbons (Fsp3) is 0.417. The second-order valence-electron chi connectivity index (χ2n) is 3.79. The molecule has 1 rings (SSSR count). The molecular formula is C12H17NO4S2. The molecule has 106 valence electrons. The van der Waals surface area contributed by atoms with Gasteiger partial charge in [-0.25, -0.2) is 8.42 Å². The number of hydrogen-bond acceptors (Lipinski definition) is 5. The molecule has 0 aromatic heterocycles. The van der Waals surface area contributed by atoms with Crippen LogP contribution in [0.15, 0.2) is 35.2 Å². The first-order valence-electron chi connectivity index (χ1n) is 5.65. The molecular weight excluding hydrogens is 286 g/mol. The van der Waals surface area contributed by atoms with Gasteiger partial charge < -0.3 is 4.74 Å². The molecule has 0 bridgehead atoms. The minimum atomic E-state index is -3.71. The van der Waals surface area contributed by atoms with Gasteiger partial charge in [0.25, 0.3) is 0 Å². The van der Waals surface area contributed by atoms with Crippen LogP contribution in [0.2, 0.25) is 0 Å². The molecule has 0 aliphatic heterocycles. The fourth-order valence-corrected chi connectivity index (χ4v) is 3.17. The molecule has 0 unspecified atom stereocenters. The zero-order chi connectivity index (χ0) is 14.3. The number of methoxy groups -OCH3 is 1. The van der Waals surface area contributed by atoms with E-state index in [-0.39, 0.29) is 4.90 Å². The minimum Gasteiger partial charge on any atom is -0.468 e. The minimum absolute atomic E-state index is 0.132. The third-order valence-electron chi connectivity index (χ3n) is 2.45. The van der Waals surface area contributed by atoms with E-state index in [0.29, 0.717) is 12.2 Å². The summed E-state index contributed by atoms with van der Waals surface area (Å²) in [4.78, 5) is 11.7. The molecule has 1 aromatic carbocycles. The Morgan fingerprint density at radius 3 is 2.53 bits per heavy atom. The van der Waals surface area contributed by atoms with Crippen LogP contribution in [0.4, 0.5) is 0 Å². The number of sulfonamides is 1. The van der Waals surface area contributed by atoms with Crippen LogP contribution in [-0.2, 0) is 19.6 Å². The molecule has 0 aliphatic carbocycles. The number of thioether (sulfide) groups is 1. The third-order valence-corrected chi connectivity index (χ3v) is 4.58. The number of nitrogens with one attached hydrogen (secondary N) is 1. The Hall–Kier alpha value is -1.05. The van der Waals surface area contributed by atoms with Gasteiger partial charge >= 0.3 is 5.97 Å². The van der Waals surface area contributed by atoms with Crippen LogP contribution in [0.25, 0.3) is 0 Å². The zero-order valence-corrected chi connectivity index (χ0v) is 12.5. The smallest absolute Gasteiger partial charge is 0.323 e. The van der Waals surface area contributed by atoms with Crippen LogP contribution in [0, 0.1) is 0 Å². The van der Waals surface area contributed by atoms with Crippen molar-refractivity contribution < 1.29 is 17.9 Å². The monoisotopic (exact) mass is 303 g/mol. The maximum atomic E-state index is 12.1. The Balaban J connectivity index is 2.86. The van der Waals surface area contributed by atoms with E-state index in [1.54, 1.807) is 18.2 Å². The molecule has 7 heteroatoms. The van der Waals surface area contributed by atoms with E-state index < -0.39 is 22.0 Å². The predicted molar refractivity (Wildman–Crippen MR) is 75.6 cm³/mol. The average molecular weight is 303 g/mol. The highest BCUT2D eigenvalue weighted by Gasteiger charge is 2.25. The second kappa shape index (κ2) is 7.52. The van der Waals surface area contributed by atoms with Crippen LogP contribution in [0.5, 0.6) is 0 Å². The first-order valence-corrected chi connectivity index (χ1v) is 8.53. The molecule has 0 radical (unpaired) electrons. The summed E-state index contributed by atoms with van der Waals surface area (Å²) in [6.07, 6.45) is 2.28. The summed E-state index contributed by atoms with van der Waals surface area (Å²) >= 11 is 1.54. The number of ether oxygens (including phenoxy) is 1. The van der Waals surface area contributed by atoms with Crippen molar-refractivity contribution in [2.24, 2.45) is 0 Å². The van der Waals surface area contributed by atoms with Crippen LogP contribution in [-0.4, -0.2) is 39.5 Å². The van der Waals surface area contributed by atoms with Gasteiger partial charge in [-0.1, -0.05) is 18.2 Å². The standard InChI is InChI=1S/C12H17NO4S2/c1-17-12(14)11(8-9-18-2)13-19(15,16)10-6-4-3-5-7-10/h3-7,11,13H,8-9H2,1-2H3/t11-/m0/s1. The first-order chi connectivity index (χ1) is 9.01. The summed E-state index contributed by atoms with van der Waals surface area (Å²) in [5.41, 5.74) is 0. The number of hydrogen-bond donors (Lipinski definition) is 1. The largest absolute Gasteiger partial charge is 0.468 e. The molecule has 0 saturated carbocycles. The topological polar surface area (TPSA) is 72.5 Å². The molecule has 1 atom stereocenters. The van der Waals surface area contributed by atoms with E-state index in [4.69, 9.17) is 0 Å². The number of carbonyl (C=O) groups excluding carboxylic acids is 1. The van der Waals surface area contributed by atoms with E-state index >= 15 is 0 Å². The summed E-state index contributed by atoms with van der Waals surface area (Å²) in [5, 5.41) is 0. The van der Waals surface area contributed by atoms with E-state index in [1.165, 1.54) is 31.0 Å². The lowest BCUT2D eigenvalue weighted by molar-refractivity contribution is -0.142. The van der Waals surface area contributed by atoms with Gasteiger partial charge in [-0.2, -0.15) is 16.5 Å². The van der Waals surface area contributed by atoms with Crippen LogP contribution >= 0.6 is 11.8 Å². The molecule has 0 heterocycles. The quantitative estimate of drug-likeness (QED) is 0.768. The molecule has 0 spiro atoms. The van der Waals surface area contributed by atoms with E-state index in [0.717, 1.165) is 0 Å². The maximum absolute atomic E-state index is 12.1. The third kappa shape index (κ3) is 4.85. The maximum Gasteiger partial charge on any atom is 0.323 e.